The highest BCUT2D eigenvalue weighted by Crippen LogP contribution is 2.31. The summed E-state index contributed by atoms with van der Waals surface area (Å²) in [6.07, 6.45) is 1.40. The van der Waals surface area contributed by atoms with Gasteiger partial charge in [0.15, 0.2) is 5.78 Å². The van der Waals surface area contributed by atoms with E-state index in [2.05, 4.69) is 4.98 Å². The van der Waals surface area contributed by atoms with Crippen molar-refractivity contribution >= 4 is 33.2 Å². The minimum atomic E-state index is -0.127. The van der Waals surface area contributed by atoms with E-state index in [9.17, 15) is 9.59 Å². The summed E-state index contributed by atoms with van der Waals surface area (Å²) in [5, 5.41) is 2.97. The molecule has 0 aliphatic heterocycles. The Morgan fingerprint density at radius 3 is 2.45 bits per heavy atom. The van der Waals surface area contributed by atoms with E-state index in [4.69, 9.17) is 0 Å². The Labute approximate surface area is 114 Å². The van der Waals surface area contributed by atoms with Crippen LogP contribution in [0.25, 0.3) is 21.7 Å². The fraction of sp³-hybridized carbons (Fsp3) is 0.0588. The predicted octanol–water partition coefficient (Wildman–Crippen LogP) is 3.65. The molecule has 1 aliphatic rings. The molecular weight excluding hydrogens is 250 g/mol. The van der Waals surface area contributed by atoms with Crippen LogP contribution in [-0.2, 0) is 0 Å². The molecular formula is C17H11NO2. The number of ketones is 2. The molecule has 0 saturated heterocycles. The average Bonchev–Trinajstić information content (AvgIpc) is 2.81. The summed E-state index contributed by atoms with van der Waals surface area (Å²) in [5.74, 6) is -0.196. The molecule has 0 unspecified atom stereocenters. The van der Waals surface area contributed by atoms with Gasteiger partial charge >= 0.3 is 0 Å². The Hall–Kier alpha value is -2.68. The molecule has 0 amide bonds. The maximum Gasteiger partial charge on any atom is 0.203 e. The van der Waals surface area contributed by atoms with Gasteiger partial charge in [0.25, 0.3) is 0 Å². The standard InChI is InChI=1S/C17H11NO2/c1-9-6-14(19)16-15(17(9)20)12-7-10-4-2-3-5-11(10)8-13(12)18-16/h2-8,18H,1H3. The quantitative estimate of drug-likeness (QED) is 0.671. The smallest absolute Gasteiger partial charge is 0.203 e. The van der Waals surface area contributed by atoms with Crippen LogP contribution < -0.4 is 0 Å². The van der Waals surface area contributed by atoms with E-state index >= 15 is 0 Å². The van der Waals surface area contributed by atoms with Crippen LogP contribution in [0.5, 0.6) is 0 Å². The van der Waals surface area contributed by atoms with Gasteiger partial charge in [0.1, 0.15) is 0 Å². The summed E-state index contributed by atoms with van der Waals surface area (Å²) in [6.45, 7) is 1.68. The predicted molar refractivity (Wildman–Crippen MR) is 78.2 cm³/mol. The van der Waals surface area contributed by atoms with E-state index in [0.29, 0.717) is 16.8 Å². The largest absolute Gasteiger partial charge is 0.351 e. The molecule has 0 atom stereocenters. The third kappa shape index (κ3) is 1.35. The number of hydrogen-bond acceptors (Lipinski definition) is 2. The van der Waals surface area contributed by atoms with Gasteiger partial charge in [-0.05, 0) is 35.9 Å². The maximum atomic E-state index is 12.3. The zero-order valence-corrected chi connectivity index (χ0v) is 10.9. The highest BCUT2D eigenvalue weighted by Gasteiger charge is 2.27. The average molecular weight is 261 g/mol. The third-order valence-corrected chi connectivity index (χ3v) is 3.84. The van der Waals surface area contributed by atoms with Crippen molar-refractivity contribution in [3.8, 4) is 0 Å². The topological polar surface area (TPSA) is 49.9 Å². The SMILES string of the molecule is CC1=CC(=O)c2[nH]c3cc4ccccc4cc3c2C1=O. The van der Waals surface area contributed by atoms with E-state index in [-0.39, 0.29) is 11.6 Å². The van der Waals surface area contributed by atoms with Crippen LogP contribution in [0.3, 0.4) is 0 Å². The zero-order valence-electron chi connectivity index (χ0n) is 10.9. The molecule has 0 radical (unpaired) electrons. The second kappa shape index (κ2) is 3.67. The van der Waals surface area contributed by atoms with Gasteiger partial charge in [-0.3, -0.25) is 9.59 Å². The monoisotopic (exact) mass is 261 g/mol. The molecule has 1 aromatic heterocycles. The number of hydrogen-bond donors (Lipinski definition) is 1. The van der Waals surface area contributed by atoms with Gasteiger partial charge in [0, 0.05) is 16.5 Å². The molecule has 0 fully saturated rings. The first-order valence-corrected chi connectivity index (χ1v) is 6.47. The van der Waals surface area contributed by atoms with Gasteiger partial charge in [-0.1, -0.05) is 24.3 Å². The highest BCUT2D eigenvalue weighted by atomic mass is 16.1. The molecule has 1 aliphatic carbocycles. The van der Waals surface area contributed by atoms with Crippen molar-refractivity contribution in [3.63, 3.8) is 0 Å². The minimum absolute atomic E-state index is 0.0684. The summed E-state index contributed by atoms with van der Waals surface area (Å²) in [5.41, 5.74) is 2.25. The van der Waals surface area contributed by atoms with Gasteiger partial charge in [0.2, 0.25) is 5.78 Å². The number of H-pyrrole nitrogens is 1. The molecule has 3 nitrogen and oxygen atoms in total. The fourth-order valence-electron chi connectivity index (χ4n) is 2.83. The van der Waals surface area contributed by atoms with Crippen molar-refractivity contribution in [1.82, 2.24) is 4.98 Å². The van der Waals surface area contributed by atoms with Crippen molar-refractivity contribution in [2.24, 2.45) is 0 Å². The second-order valence-electron chi connectivity index (χ2n) is 5.14. The normalized spacial score (nSPS) is 14.8. The Morgan fingerprint density at radius 2 is 1.70 bits per heavy atom. The van der Waals surface area contributed by atoms with E-state index in [1.165, 1.54) is 6.08 Å². The van der Waals surface area contributed by atoms with Gasteiger partial charge in [0.05, 0.1) is 11.3 Å². The van der Waals surface area contributed by atoms with Crippen LogP contribution in [-0.4, -0.2) is 16.6 Å². The van der Waals surface area contributed by atoms with Crippen molar-refractivity contribution in [3.05, 3.63) is 59.3 Å². The number of fused-ring (bicyclic) bond motifs is 4. The summed E-state index contributed by atoms with van der Waals surface area (Å²) in [4.78, 5) is 27.5. The summed E-state index contributed by atoms with van der Waals surface area (Å²) < 4.78 is 0. The molecule has 1 heterocycles. The van der Waals surface area contributed by atoms with Gasteiger partial charge < -0.3 is 4.98 Å². The first kappa shape index (κ1) is 11.2. The van der Waals surface area contributed by atoms with Crippen molar-refractivity contribution < 1.29 is 9.59 Å². The molecule has 1 N–H and O–H groups in total. The lowest BCUT2D eigenvalue weighted by Gasteiger charge is -2.08. The number of carbonyl (C=O) groups is 2. The Kier molecular flexibility index (Phi) is 2.05. The van der Waals surface area contributed by atoms with Crippen molar-refractivity contribution in [1.29, 1.82) is 0 Å². The van der Waals surface area contributed by atoms with Crippen LogP contribution >= 0.6 is 0 Å². The number of aromatic nitrogens is 1. The van der Waals surface area contributed by atoms with Gasteiger partial charge in [-0.2, -0.15) is 0 Å². The summed E-state index contributed by atoms with van der Waals surface area (Å²) in [7, 11) is 0. The summed E-state index contributed by atoms with van der Waals surface area (Å²) >= 11 is 0. The third-order valence-electron chi connectivity index (χ3n) is 3.84. The van der Waals surface area contributed by atoms with E-state index < -0.39 is 0 Å². The number of rotatable bonds is 0. The van der Waals surface area contributed by atoms with Gasteiger partial charge in [-0.15, -0.1) is 0 Å². The minimum Gasteiger partial charge on any atom is -0.351 e. The maximum absolute atomic E-state index is 12.3. The molecule has 0 saturated carbocycles. The number of aromatic amines is 1. The molecule has 0 bridgehead atoms. The van der Waals surface area contributed by atoms with Crippen molar-refractivity contribution in [2.45, 2.75) is 6.92 Å². The van der Waals surface area contributed by atoms with Gasteiger partial charge in [-0.25, -0.2) is 0 Å². The number of carbonyl (C=O) groups excluding carboxylic acids is 2. The summed E-state index contributed by atoms with van der Waals surface area (Å²) in [6, 6.07) is 11.9. The van der Waals surface area contributed by atoms with Crippen LogP contribution in [0.1, 0.15) is 27.8 Å². The number of benzene rings is 2. The second-order valence-corrected chi connectivity index (χ2v) is 5.14. The Morgan fingerprint density at radius 1 is 1.00 bits per heavy atom. The Balaban J connectivity index is 2.16. The van der Waals surface area contributed by atoms with Crippen LogP contribution in [0, 0.1) is 0 Å². The first-order valence-electron chi connectivity index (χ1n) is 6.47. The van der Waals surface area contributed by atoms with E-state index in [0.717, 1.165) is 21.7 Å². The van der Waals surface area contributed by atoms with E-state index in [1.54, 1.807) is 6.92 Å². The molecule has 3 aromatic rings. The molecule has 0 spiro atoms. The molecule has 3 heteroatoms. The number of nitrogens with one attached hydrogen (secondary N) is 1. The highest BCUT2D eigenvalue weighted by molar-refractivity contribution is 6.29. The van der Waals surface area contributed by atoms with Crippen LogP contribution in [0.2, 0.25) is 0 Å². The van der Waals surface area contributed by atoms with Crippen LogP contribution in [0.4, 0.5) is 0 Å². The lowest BCUT2D eigenvalue weighted by atomic mass is 9.93. The van der Waals surface area contributed by atoms with E-state index in [1.807, 2.05) is 36.4 Å². The molecule has 20 heavy (non-hydrogen) atoms. The molecule has 4 rings (SSSR count). The molecule has 96 valence electrons. The lowest BCUT2D eigenvalue weighted by molar-refractivity contribution is 0.0983. The Bertz CT molecular complexity index is 944. The lowest BCUT2D eigenvalue weighted by Crippen LogP contribution is -2.14. The van der Waals surface area contributed by atoms with Crippen LogP contribution in [0.15, 0.2) is 48.0 Å². The molecule has 2 aromatic carbocycles. The number of Topliss-reactive ketones (excluding diaryl/α,β-unsaturated/α-hetero) is 1. The number of allylic oxidation sites excluding steroid dienone is 2. The fourth-order valence-corrected chi connectivity index (χ4v) is 2.83. The zero-order chi connectivity index (χ0) is 13.9. The van der Waals surface area contributed by atoms with Crippen molar-refractivity contribution in [2.75, 3.05) is 0 Å². The first-order chi connectivity index (χ1) is 9.65.